The molecule has 0 saturated heterocycles. The second-order valence-corrected chi connectivity index (χ2v) is 10.1. The highest BCUT2D eigenvalue weighted by Gasteiger charge is 2.36. The Morgan fingerprint density at radius 1 is 1.08 bits per heavy atom. The smallest absolute Gasteiger partial charge is 0.270 e. The van der Waals surface area contributed by atoms with Crippen LogP contribution in [0.2, 0.25) is 0 Å². The number of rotatable bonds is 11. The van der Waals surface area contributed by atoms with Crippen molar-refractivity contribution in [3.05, 3.63) is 70.2 Å². The van der Waals surface area contributed by atoms with Crippen molar-refractivity contribution < 1.29 is 23.9 Å². The zero-order valence-electron chi connectivity index (χ0n) is 22.0. The van der Waals surface area contributed by atoms with Crippen LogP contribution in [0.3, 0.4) is 0 Å². The van der Waals surface area contributed by atoms with E-state index in [0.717, 1.165) is 42.8 Å². The number of nitrogens with two attached hydrogens (primary N) is 2. The van der Waals surface area contributed by atoms with Crippen LogP contribution in [0.25, 0.3) is 0 Å². The lowest BCUT2D eigenvalue weighted by Crippen LogP contribution is -2.45. The first-order chi connectivity index (χ1) is 18.8. The van der Waals surface area contributed by atoms with Crippen LogP contribution in [0.4, 0.5) is 5.69 Å². The number of anilines is 1. The third-order valence-corrected chi connectivity index (χ3v) is 7.55. The molecule has 11 heteroatoms. The van der Waals surface area contributed by atoms with Crippen LogP contribution in [0.15, 0.2) is 48.5 Å². The average Bonchev–Trinajstić information content (AvgIpc) is 3.59. The fourth-order valence-corrected chi connectivity index (χ4v) is 5.46. The Kier molecular flexibility index (Phi) is 9.03. The highest BCUT2D eigenvalue weighted by atomic mass is 32.1. The molecule has 39 heavy (non-hydrogen) atoms. The number of nitrogen functional groups attached to an aromatic ring is 1. The quantitative estimate of drug-likeness (QED) is 0.329. The van der Waals surface area contributed by atoms with Crippen LogP contribution in [-0.4, -0.2) is 46.8 Å². The number of carbonyl (C=O) groups is 3. The summed E-state index contributed by atoms with van der Waals surface area (Å²) in [6, 6.07) is 13.4. The van der Waals surface area contributed by atoms with Crippen molar-refractivity contribution in [1.82, 2.24) is 14.6 Å². The highest BCUT2D eigenvalue weighted by molar-refractivity contribution is 7.09. The van der Waals surface area contributed by atoms with Gasteiger partial charge < -0.3 is 31.2 Å². The summed E-state index contributed by atoms with van der Waals surface area (Å²) < 4.78 is 14.9. The van der Waals surface area contributed by atoms with E-state index < -0.39 is 17.9 Å². The van der Waals surface area contributed by atoms with Crippen molar-refractivity contribution in [3.8, 4) is 11.5 Å². The Morgan fingerprint density at radius 3 is 2.28 bits per heavy atom. The largest absolute Gasteiger partial charge is 0.497 e. The zero-order valence-corrected chi connectivity index (χ0v) is 22.8. The van der Waals surface area contributed by atoms with Crippen LogP contribution >= 0.6 is 11.5 Å². The van der Waals surface area contributed by atoms with Gasteiger partial charge in [0.25, 0.3) is 11.8 Å². The van der Waals surface area contributed by atoms with Gasteiger partial charge in [-0.2, -0.15) is 4.37 Å². The molecule has 3 aromatic rings. The first-order valence-electron chi connectivity index (χ1n) is 12.8. The Labute approximate surface area is 231 Å². The SMILES string of the molecule is CCOc1ccc(C(C(=O)NC2CCCC2)N(Cc2ccc(OC)cc2)C(=O)c2snc(C(N)=O)c2N)cc1. The number of carbonyl (C=O) groups excluding carboxylic acids is 3. The predicted molar refractivity (Wildman–Crippen MR) is 149 cm³/mol. The van der Waals surface area contributed by atoms with Gasteiger partial charge in [-0.3, -0.25) is 14.4 Å². The molecule has 2 aromatic carbocycles. The fraction of sp³-hybridized carbons (Fsp3) is 0.357. The molecular weight excluding hydrogens is 518 g/mol. The van der Waals surface area contributed by atoms with Gasteiger partial charge in [-0.05, 0) is 66.7 Å². The lowest BCUT2D eigenvalue weighted by atomic mass is 10.0. The Morgan fingerprint density at radius 2 is 1.72 bits per heavy atom. The van der Waals surface area contributed by atoms with Gasteiger partial charge >= 0.3 is 0 Å². The molecular formula is C28H33N5O5S. The minimum atomic E-state index is -0.991. The van der Waals surface area contributed by atoms with E-state index in [9.17, 15) is 14.4 Å². The number of benzene rings is 2. The third-order valence-electron chi connectivity index (χ3n) is 6.70. The van der Waals surface area contributed by atoms with Crippen molar-refractivity contribution >= 4 is 34.9 Å². The van der Waals surface area contributed by atoms with E-state index in [0.29, 0.717) is 23.7 Å². The van der Waals surface area contributed by atoms with Crippen LogP contribution in [0.5, 0.6) is 11.5 Å². The van der Waals surface area contributed by atoms with Gasteiger partial charge in [-0.1, -0.05) is 37.1 Å². The van der Waals surface area contributed by atoms with E-state index in [-0.39, 0.29) is 34.8 Å². The highest BCUT2D eigenvalue weighted by Crippen LogP contribution is 2.32. The molecule has 1 aliphatic rings. The maximum atomic E-state index is 14.1. The zero-order chi connectivity index (χ0) is 27.9. The van der Waals surface area contributed by atoms with Crippen molar-refractivity contribution in [1.29, 1.82) is 0 Å². The monoisotopic (exact) mass is 551 g/mol. The van der Waals surface area contributed by atoms with E-state index in [1.54, 1.807) is 43.5 Å². The fourth-order valence-electron chi connectivity index (χ4n) is 4.70. The van der Waals surface area contributed by atoms with Crippen molar-refractivity contribution in [2.24, 2.45) is 5.73 Å². The van der Waals surface area contributed by atoms with E-state index in [1.165, 1.54) is 4.90 Å². The summed E-state index contributed by atoms with van der Waals surface area (Å²) in [4.78, 5) is 41.3. The topological polar surface area (TPSA) is 150 Å². The maximum absolute atomic E-state index is 14.1. The minimum absolute atomic E-state index is 0.0376. The van der Waals surface area contributed by atoms with Crippen molar-refractivity contribution in [3.63, 3.8) is 0 Å². The molecule has 1 saturated carbocycles. The Balaban J connectivity index is 1.78. The molecule has 5 N–H and O–H groups in total. The van der Waals surface area contributed by atoms with Crippen LogP contribution in [0.1, 0.15) is 69.9 Å². The number of amides is 3. The molecule has 1 fully saturated rings. The van der Waals surface area contributed by atoms with Gasteiger partial charge in [0.2, 0.25) is 5.91 Å². The van der Waals surface area contributed by atoms with E-state index in [2.05, 4.69) is 9.69 Å². The summed E-state index contributed by atoms with van der Waals surface area (Å²) in [6.07, 6.45) is 3.86. The minimum Gasteiger partial charge on any atom is -0.497 e. The number of hydrogen-bond donors (Lipinski definition) is 3. The second-order valence-electron chi connectivity index (χ2n) is 9.31. The molecule has 4 rings (SSSR count). The van der Waals surface area contributed by atoms with Crippen LogP contribution in [-0.2, 0) is 11.3 Å². The summed E-state index contributed by atoms with van der Waals surface area (Å²) in [7, 11) is 1.57. The Bertz CT molecular complexity index is 1300. The summed E-state index contributed by atoms with van der Waals surface area (Å²) in [6.45, 7) is 2.47. The summed E-state index contributed by atoms with van der Waals surface area (Å²) in [5.74, 6) is -0.343. The number of hydrogen-bond acceptors (Lipinski definition) is 8. The first kappa shape index (κ1) is 27.9. The Hall–Kier alpha value is -4.12. The molecule has 1 atom stereocenters. The van der Waals surface area contributed by atoms with Gasteiger partial charge in [0.15, 0.2) is 5.69 Å². The van der Waals surface area contributed by atoms with Crippen LogP contribution < -0.4 is 26.3 Å². The summed E-state index contributed by atoms with van der Waals surface area (Å²) >= 11 is 0.785. The molecule has 1 heterocycles. The van der Waals surface area contributed by atoms with Gasteiger partial charge in [0, 0.05) is 12.6 Å². The lowest BCUT2D eigenvalue weighted by Gasteiger charge is -2.32. The van der Waals surface area contributed by atoms with Gasteiger partial charge in [-0.25, -0.2) is 0 Å². The summed E-state index contributed by atoms with van der Waals surface area (Å²) in [5, 5.41) is 3.14. The molecule has 206 valence electrons. The molecule has 0 spiro atoms. The van der Waals surface area contributed by atoms with E-state index in [1.807, 2.05) is 19.1 Å². The molecule has 1 aliphatic carbocycles. The van der Waals surface area contributed by atoms with Gasteiger partial charge in [-0.15, -0.1) is 0 Å². The van der Waals surface area contributed by atoms with Gasteiger partial charge in [0.1, 0.15) is 22.4 Å². The van der Waals surface area contributed by atoms with Crippen molar-refractivity contribution in [2.75, 3.05) is 19.5 Å². The number of ether oxygens (including phenoxy) is 2. The summed E-state index contributed by atoms with van der Waals surface area (Å²) in [5.41, 5.74) is 12.6. The van der Waals surface area contributed by atoms with E-state index >= 15 is 0 Å². The maximum Gasteiger partial charge on any atom is 0.270 e. The second kappa shape index (κ2) is 12.6. The standard InChI is InChI=1S/C28H33N5O5S/c1-3-38-21-14-10-18(11-15-21)24(27(35)31-19-6-4-5-7-19)33(16-17-8-12-20(37-2)13-9-17)28(36)25-22(29)23(26(30)34)32-39-25/h8-15,19,24H,3-7,16,29H2,1-2H3,(H2,30,34)(H,31,35). The number of aromatic nitrogens is 1. The number of nitrogens with one attached hydrogen (secondary N) is 1. The molecule has 10 nitrogen and oxygen atoms in total. The average molecular weight is 552 g/mol. The molecule has 0 radical (unpaired) electrons. The first-order valence-corrected chi connectivity index (χ1v) is 13.6. The number of primary amides is 1. The number of methoxy groups -OCH3 is 1. The van der Waals surface area contributed by atoms with Gasteiger partial charge in [0.05, 0.1) is 19.4 Å². The van der Waals surface area contributed by atoms with Crippen molar-refractivity contribution in [2.45, 2.75) is 51.2 Å². The molecule has 3 amide bonds. The molecule has 0 bridgehead atoms. The molecule has 1 aromatic heterocycles. The normalized spacial score (nSPS) is 14.0. The predicted octanol–water partition coefficient (Wildman–Crippen LogP) is 3.67. The lowest BCUT2D eigenvalue weighted by molar-refractivity contribution is -0.126. The number of nitrogens with zero attached hydrogens (tertiary/aromatic N) is 2. The molecule has 1 unspecified atom stereocenters. The third kappa shape index (κ3) is 6.48. The molecule has 0 aliphatic heterocycles. The van der Waals surface area contributed by atoms with E-state index in [4.69, 9.17) is 20.9 Å². The van der Waals surface area contributed by atoms with Crippen LogP contribution in [0, 0.1) is 0 Å².